The Morgan fingerprint density at radius 3 is 2.27 bits per heavy atom. The normalized spacial score (nSPS) is 13.9. The molecule has 15 heavy (non-hydrogen) atoms. The van der Waals surface area contributed by atoms with Crippen LogP contribution in [-0.4, -0.2) is 29.3 Å². The van der Waals surface area contributed by atoms with Gasteiger partial charge in [0.15, 0.2) is 6.10 Å². The SMILES string of the molecule is CCCC(OCC(N)(CC)CC)C(=O)O. The van der Waals surface area contributed by atoms with Gasteiger partial charge in [-0.05, 0) is 19.3 Å². The molecular formula is C11H23NO3. The second kappa shape index (κ2) is 6.80. The van der Waals surface area contributed by atoms with Crippen molar-refractivity contribution < 1.29 is 14.6 Å². The second-order valence-electron chi connectivity index (χ2n) is 4.00. The minimum atomic E-state index is -0.897. The molecule has 0 saturated heterocycles. The standard InChI is InChI=1S/C11H23NO3/c1-4-7-9(10(13)14)15-8-11(12,5-2)6-3/h9H,4-8,12H2,1-3H3,(H,13,14). The number of rotatable bonds is 8. The number of carboxylic acids is 1. The summed E-state index contributed by atoms with van der Waals surface area (Å²) >= 11 is 0. The zero-order valence-corrected chi connectivity index (χ0v) is 9.95. The van der Waals surface area contributed by atoms with E-state index in [2.05, 4.69) is 0 Å². The van der Waals surface area contributed by atoms with E-state index in [0.29, 0.717) is 13.0 Å². The van der Waals surface area contributed by atoms with Crippen molar-refractivity contribution in [2.75, 3.05) is 6.61 Å². The van der Waals surface area contributed by atoms with Crippen molar-refractivity contribution in [2.45, 2.75) is 58.1 Å². The second-order valence-corrected chi connectivity index (χ2v) is 4.00. The summed E-state index contributed by atoms with van der Waals surface area (Å²) in [6.07, 6.45) is 2.21. The zero-order chi connectivity index (χ0) is 11.9. The Bertz CT molecular complexity index is 190. The lowest BCUT2D eigenvalue weighted by Crippen LogP contribution is -2.45. The zero-order valence-electron chi connectivity index (χ0n) is 9.95. The average molecular weight is 217 g/mol. The third-order valence-electron chi connectivity index (χ3n) is 2.81. The molecule has 4 nitrogen and oxygen atoms in total. The molecule has 1 atom stereocenters. The van der Waals surface area contributed by atoms with Crippen LogP contribution in [0.5, 0.6) is 0 Å². The van der Waals surface area contributed by atoms with Crippen LogP contribution in [0.4, 0.5) is 0 Å². The van der Waals surface area contributed by atoms with Gasteiger partial charge in [0.2, 0.25) is 0 Å². The highest BCUT2D eigenvalue weighted by Gasteiger charge is 2.25. The molecule has 0 spiro atoms. The van der Waals surface area contributed by atoms with E-state index in [4.69, 9.17) is 15.6 Å². The molecule has 0 fully saturated rings. The van der Waals surface area contributed by atoms with Crippen LogP contribution in [0.2, 0.25) is 0 Å². The monoisotopic (exact) mass is 217 g/mol. The van der Waals surface area contributed by atoms with Gasteiger partial charge in [-0.25, -0.2) is 4.79 Å². The molecule has 0 amide bonds. The molecule has 0 aliphatic rings. The van der Waals surface area contributed by atoms with Crippen molar-refractivity contribution in [1.29, 1.82) is 0 Å². The highest BCUT2D eigenvalue weighted by molar-refractivity contribution is 5.72. The number of hydrogen-bond donors (Lipinski definition) is 2. The Hall–Kier alpha value is -0.610. The van der Waals surface area contributed by atoms with E-state index < -0.39 is 12.1 Å². The maximum atomic E-state index is 10.8. The Morgan fingerprint density at radius 2 is 1.93 bits per heavy atom. The van der Waals surface area contributed by atoms with Crippen molar-refractivity contribution >= 4 is 5.97 Å². The molecular weight excluding hydrogens is 194 g/mol. The first-order chi connectivity index (χ1) is 6.99. The predicted molar refractivity (Wildman–Crippen MR) is 59.8 cm³/mol. The lowest BCUT2D eigenvalue weighted by Gasteiger charge is -2.27. The lowest BCUT2D eigenvalue weighted by molar-refractivity contribution is -0.152. The number of carboxylic acid groups (broad SMARTS) is 1. The summed E-state index contributed by atoms with van der Waals surface area (Å²) in [6, 6.07) is 0. The fraction of sp³-hybridized carbons (Fsp3) is 0.909. The smallest absolute Gasteiger partial charge is 0.332 e. The highest BCUT2D eigenvalue weighted by atomic mass is 16.5. The molecule has 0 aromatic rings. The Balaban J connectivity index is 4.13. The van der Waals surface area contributed by atoms with Crippen LogP contribution in [0.25, 0.3) is 0 Å². The van der Waals surface area contributed by atoms with Crippen LogP contribution in [0, 0.1) is 0 Å². The number of nitrogens with two attached hydrogens (primary N) is 1. The molecule has 0 aliphatic heterocycles. The third kappa shape index (κ3) is 5.14. The van der Waals surface area contributed by atoms with Gasteiger partial charge in [-0.3, -0.25) is 0 Å². The van der Waals surface area contributed by atoms with Crippen LogP contribution in [0.1, 0.15) is 46.5 Å². The molecule has 0 heterocycles. The minimum Gasteiger partial charge on any atom is -0.479 e. The van der Waals surface area contributed by atoms with Crippen LogP contribution in [0.3, 0.4) is 0 Å². The summed E-state index contributed by atoms with van der Waals surface area (Å²) < 4.78 is 5.37. The van der Waals surface area contributed by atoms with E-state index in [1.165, 1.54) is 0 Å². The van der Waals surface area contributed by atoms with Crippen molar-refractivity contribution in [3.05, 3.63) is 0 Å². The van der Waals surface area contributed by atoms with Crippen molar-refractivity contribution in [3.63, 3.8) is 0 Å². The molecule has 0 radical (unpaired) electrons. The summed E-state index contributed by atoms with van der Waals surface area (Å²) in [5, 5.41) is 8.88. The first kappa shape index (κ1) is 14.4. The predicted octanol–water partition coefficient (Wildman–Crippen LogP) is 1.77. The average Bonchev–Trinajstić information content (AvgIpc) is 2.23. The quantitative estimate of drug-likeness (QED) is 0.650. The van der Waals surface area contributed by atoms with Gasteiger partial charge in [-0.2, -0.15) is 0 Å². The number of ether oxygens (including phenoxy) is 1. The molecule has 1 unspecified atom stereocenters. The third-order valence-corrected chi connectivity index (χ3v) is 2.81. The van der Waals surface area contributed by atoms with E-state index in [-0.39, 0.29) is 5.54 Å². The van der Waals surface area contributed by atoms with Gasteiger partial charge in [0.25, 0.3) is 0 Å². The summed E-state index contributed by atoms with van der Waals surface area (Å²) in [4.78, 5) is 10.8. The molecule has 0 saturated carbocycles. The summed E-state index contributed by atoms with van der Waals surface area (Å²) in [5.74, 6) is -0.897. The fourth-order valence-electron chi connectivity index (χ4n) is 1.26. The van der Waals surface area contributed by atoms with Gasteiger partial charge >= 0.3 is 5.97 Å². The molecule has 90 valence electrons. The fourth-order valence-corrected chi connectivity index (χ4v) is 1.26. The van der Waals surface area contributed by atoms with Gasteiger partial charge in [-0.1, -0.05) is 27.2 Å². The largest absolute Gasteiger partial charge is 0.479 e. The lowest BCUT2D eigenvalue weighted by atomic mass is 9.95. The van der Waals surface area contributed by atoms with Crippen LogP contribution < -0.4 is 5.73 Å². The Kier molecular flexibility index (Phi) is 6.52. The van der Waals surface area contributed by atoms with Gasteiger partial charge in [-0.15, -0.1) is 0 Å². The van der Waals surface area contributed by atoms with E-state index in [9.17, 15) is 4.79 Å². The van der Waals surface area contributed by atoms with Crippen LogP contribution >= 0.6 is 0 Å². The minimum absolute atomic E-state index is 0.316. The van der Waals surface area contributed by atoms with E-state index in [1.54, 1.807) is 0 Å². The van der Waals surface area contributed by atoms with Gasteiger partial charge in [0.05, 0.1) is 6.61 Å². The van der Waals surface area contributed by atoms with E-state index in [1.807, 2.05) is 20.8 Å². The summed E-state index contributed by atoms with van der Waals surface area (Å²) in [6.45, 7) is 6.23. The molecule has 3 N–H and O–H groups in total. The Labute approximate surface area is 91.8 Å². The molecule has 0 bridgehead atoms. The maximum Gasteiger partial charge on any atom is 0.332 e. The topological polar surface area (TPSA) is 72.5 Å². The molecule has 0 aliphatic carbocycles. The molecule has 0 rings (SSSR count). The van der Waals surface area contributed by atoms with Crippen molar-refractivity contribution in [3.8, 4) is 0 Å². The molecule has 0 aromatic heterocycles. The summed E-state index contributed by atoms with van der Waals surface area (Å²) in [7, 11) is 0. The van der Waals surface area contributed by atoms with Gasteiger partial charge < -0.3 is 15.6 Å². The summed E-state index contributed by atoms with van der Waals surface area (Å²) in [5.41, 5.74) is 5.64. The van der Waals surface area contributed by atoms with Gasteiger partial charge in [0, 0.05) is 5.54 Å². The first-order valence-electron chi connectivity index (χ1n) is 5.62. The maximum absolute atomic E-state index is 10.8. The van der Waals surface area contributed by atoms with E-state index >= 15 is 0 Å². The number of aliphatic carboxylic acids is 1. The van der Waals surface area contributed by atoms with Crippen molar-refractivity contribution in [2.24, 2.45) is 5.73 Å². The van der Waals surface area contributed by atoms with E-state index in [0.717, 1.165) is 19.3 Å². The van der Waals surface area contributed by atoms with Crippen molar-refractivity contribution in [1.82, 2.24) is 0 Å². The molecule has 4 heteroatoms. The highest BCUT2D eigenvalue weighted by Crippen LogP contribution is 2.14. The molecule has 0 aromatic carbocycles. The van der Waals surface area contributed by atoms with Crippen LogP contribution in [0.15, 0.2) is 0 Å². The number of hydrogen-bond acceptors (Lipinski definition) is 3. The van der Waals surface area contributed by atoms with Crippen LogP contribution in [-0.2, 0) is 9.53 Å². The number of carbonyl (C=O) groups is 1. The van der Waals surface area contributed by atoms with Gasteiger partial charge in [0.1, 0.15) is 0 Å². The Morgan fingerprint density at radius 1 is 1.40 bits per heavy atom. The first-order valence-corrected chi connectivity index (χ1v) is 5.62.